The summed E-state index contributed by atoms with van der Waals surface area (Å²) < 4.78 is 0. The van der Waals surface area contributed by atoms with E-state index in [1.807, 2.05) is 0 Å². The van der Waals surface area contributed by atoms with Crippen LogP contribution in [0.4, 0.5) is 0 Å². The van der Waals surface area contributed by atoms with Gasteiger partial charge in [-0.25, -0.2) is 0 Å². The standard InChI is InChI=1S/C4H9ClN2O/c5-2-1-3(6)4(7)8/h3H,1-2,6H2,(H2,7,8)/t3-/m0/s1. The monoisotopic (exact) mass is 136 g/mol. The lowest BCUT2D eigenvalue weighted by Crippen LogP contribution is -2.36. The maximum absolute atomic E-state index is 10.1. The summed E-state index contributed by atoms with van der Waals surface area (Å²) in [7, 11) is 0. The lowest BCUT2D eigenvalue weighted by atomic mass is 10.2. The number of carbonyl (C=O) groups excluding carboxylic acids is 1. The minimum Gasteiger partial charge on any atom is -0.368 e. The average Bonchev–Trinajstić information content (AvgIpc) is 1.67. The lowest BCUT2D eigenvalue weighted by molar-refractivity contribution is -0.119. The van der Waals surface area contributed by atoms with Gasteiger partial charge in [-0.2, -0.15) is 0 Å². The van der Waals surface area contributed by atoms with Crippen LogP contribution in [0, 0.1) is 0 Å². The van der Waals surface area contributed by atoms with E-state index in [1.54, 1.807) is 0 Å². The first-order valence-corrected chi connectivity index (χ1v) is 2.82. The number of carbonyl (C=O) groups is 1. The quantitative estimate of drug-likeness (QED) is 0.510. The Morgan fingerprint density at radius 3 is 2.38 bits per heavy atom. The number of hydrogen-bond acceptors (Lipinski definition) is 2. The second-order valence-corrected chi connectivity index (χ2v) is 1.86. The molecule has 0 aliphatic heterocycles. The SMILES string of the molecule is NC(=O)[C@@H](N)CCCl. The van der Waals surface area contributed by atoms with Gasteiger partial charge in [0, 0.05) is 5.88 Å². The molecule has 1 amide bonds. The number of nitrogens with two attached hydrogens (primary N) is 2. The highest BCUT2D eigenvalue weighted by atomic mass is 35.5. The molecule has 0 unspecified atom stereocenters. The molecule has 0 aliphatic rings. The summed E-state index contributed by atoms with van der Waals surface area (Å²) in [6.45, 7) is 0. The minimum atomic E-state index is -0.576. The van der Waals surface area contributed by atoms with Crippen LogP contribution in [-0.2, 0) is 4.79 Å². The van der Waals surface area contributed by atoms with Gasteiger partial charge in [0.1, 0.15) is 0 Å². The van der Waals surface area contributed by atoms with Crippen LogP contribution in [0.5, 0.6) is 0 Å². The first-order chi connectivity index (χ1) is 3.68. The smallest absolute Gasteiger partial charge is 0.234 e. The zero-order chi connectivity index (χ0) is 6.57. The van der Waals surface area contributed by atoms with Crippen molar-refractivity contribution in [2.75, 3.05) is 5.88 Å². The van der Waals surface area contributed by atoms with Crippen molar-refractivity contribution in [3.8, 4) is 0 Å². The Bertz CT molecular complexity index is 86.1. The summed E-state index contributed by atoms with van der Waals surface area (Å²) in [6, 6.07) is -0.576. The Morgan fingerprint density at radius 1 is 1.75 bits per heavy atom. The zero-order valence-corrected chi connectivity index (χ0v) is 5.19. The van der Waals surface area contributed by atoms with Crippen molar-refractivity contribution in [1.29, 1.82) is 0 Å². The molecule has 0 aromatic heterocycles. The van der Waals surface area contributed by atoms with E-state index in [2.05, 4.69) is 0 Å². The predicted octanol–water partition coefficient (Wildman–Crippen LogP) is -0.572. The van der Waals surface area contributed by atoms with Crippen LogP contribution in [0.25, 0.3) is 0 Å². The normalized spacial score (nSPS) is 13.2. The molecule has 0 rings (SSSR count). The summed E-state index contributed by atoms with van der Waals surface area (Å²) >= 11 is 5.25. The summed E-state index contributed by atoms with van der Waals surface area (Å²) in [5.41, 5.74) is 9.97. The van der Waals surface area contributed by atoms with Crippen molar-refractivity contribution in [3.63, 3.8) is 0 Å². The fourth-order valence-electron chi connectivity index (χ4n) is 0.260. The molecule has 0 aromatic rings. The summed E-state index contributed by atoms with van der Waals surface area (Å²) in [5, 5.41) is 0. The highest BCUT2D eigenvalue weighted by Crippen LogP contribution is 1.88. The highest BCUT2D eigenvalue weighted by molar-refractivity contribution is 6.18. The van der Waals surface area contributed by atoms with Crippen molar-refractivity contribution >= 4 is 17.5 Å². The Hall–Kier alpha value is -0.280. The first kappa shape index (κ1) is 7.72. The highest BCUT2D eigenvalue weighted by Gasteiger charge is 2.05. The van der Waals surface area contributed by atoms with Crippen LogP contribution >= 0.6 is 11.6 Å². The molecule has 48 valence electrons. The van der Waals surface area contributed by atoms with E-state index in [0.29, 0.717) is 12.3 Å². The van der Waals surface area contributed by atoms with E-state index in [4.69, 9.17) is 23.1 Å². The van der Waals surface area contributed by atoms with Gasteiger partial charge in [-0.3, -0.25) is 4.79 Å². The van der Waals surface area contributed by atoms with Gasteiger partial charge in [0.25, 0.3) is 0 Å². The summed E-state index contributed by atoms with van der Waals surface area (Å²) in [6.07, 6.45) is 0.455. The predicted molar refractivity (Wildman–Crippen MR) is 32.5 cm³/mol. The van der Waals surface area contributed by atoms with Gasteiger partial charge in [0.05, 0.1) is 6.04 Å². The van der Waals surface area contributed by atoms with Crippen LogP contribution in [-0.4, -0.2) is 17.8 Å². The van der Waals surface area contributed by atoms with E-state index in [0.717, 1.165) is 0 Å². The number of amides is 1. The van der Waals surface area contributed by atoms with Gasteiger partial charge in [-0.05, 0) is 6.42 Å². The lowest BCUT2D eigenvalue weighted by Gasteiger charge is -2.01. The molecule has 0 saturated carbocycles. The van der Waals surface area contributed by atoms with Gasteiger partial charge in [-0.15, -0.1) is 11.6 Å². The fourth-order valence-corrected chi connectivity index (χ4v) is 0.495. The van der Waals surface area contributed by atoms with Crippen LogP contribution in [0.15, 0.2) is 0 Å². The molecule has 0 saturated heterocycles. The van der Waals surface area contributed by atoms with Gasteiger partial charge in [-0.1, -0.05) is 0 Å². The van der Waals surface area contributed by atoms with Crippen molar-refractivity contribution in [3.05, 3.63) is 0 Å². The van der Waals surface area contributed by atoms with Crippen molar-refractivity contribution < 1.29 is 4.79 Å². The van der Waals surface area contributed by atoms with Gasteiger partial charge < -0.3 is 11.5 Å². The van der Waals surface area contributed by atoms with Gasteiger partial charge in [0.15, 0.2) is 0 Å². The molecule has 0 aliphatic carbocycles. The topological polar surface area (TPSA) is 69.1 Å². The van der Waals surface area contributed by atoms with E-state index < -0.39 is 11.9 Å². The average molecular weight is 137 g/mol. The van der Waals surface area contributed by atoms with Crippen molar-refractivity contribution in [2.45, 2.75) is 12.5 Å². The maximum Gasteiger partial charge on any atom is 0.234 e. The molecule has 0 radical (unpaired) electrons. The van der Waals surface area contributed by atoms with Gasteiger partial charge in [0.2, 0.25) is 5.91 Å². The minimum absolute atomic E-state index is 0.379. The molecule has 0 spiro atoms. The third kappa shape index (κ3) is 2.82. The summed E-state index contributed by atoms with van der Waals surface area (Å²) in [4.78, 5) is 10.1. The van der Waals surface area contributed by atoms with Gasteiger partial charge >= 0.3 is 0 Å². The Balaban J connectivity index is 3.32. The van der Waals surface area contributed by atoms with Crippen LogP contribution in [0.2, 0.25) is 0 Å². The third-order valence-corrected chi connectivity index (χ3v) is 1.00. The molecule has 0 bridgehead atoms. The molecule has 8 heavy (non-hydrogen) atoms. The van der Waals surface area contributed by atoms with E-state index >= 15 is 0 Å². The van der Waals surface area contributed by atoms with Crippen LogP contribution < -0.4 is 11.5 Å². The number of alkyl halides is 1. The Kier molecular flexibility index (Phi) is 3.56. The van der Waals surface area contributed by atoms with Crippen LogP contribution in [0.1, 0.15) is 6.42 Å². The number of hydrogen-bond donors (Lipinski definition) is 2. The fraction of sp³-hybridized carbons (Fsp3) is 0.750. The largest absolute Gasteiger partial charge is 0.368 e. The maximum atomic E-state index is 10.1. The number of rotatable bonds is 3. The van der Waals surface area contributed by atoms with Crippen molar-refractivity contribution in [1.82, 2.24) is 0 Å². The number of halogens is 1. The summed E-state index contributed by atoms with van der Waals surface area (Å²) in [5.74, 6) is -0.116. The molecular weight excluding hydrogens is 128 g/mol. The Morgan fingerprint density at radius 2 is 2.25 bits per heavy atom. The second kappa shape index (κ2) is 3.69. The molecule has 4 heteroatoms. The van der Waals surface area contributed by atoms with E-state index in [9.17, 15) is 4.79 Å². The third-order valence-electron chi connectivity index (χ3n) is 0.786. The molecule has 0 fully saturated rings. The van der Waals surface area contributed by atoms with E-state index in [-0.39, 0.29) is 0 Å². The second-order valence-electron chi connectivity index (χ2n) is 1.49. The molecule has 0 aromatic carbocycles. The number of primary amides is 1. The first-order valence-electron chi connectivity index (χ1n) is 2.29. The van der Waals surface area contributed by atoms with Crippen molar-refractivity contribution in [2.24, 2.45) is 11.5 Å². The van der Waals surface area contributed by atoms with Crippen LogP contribution in [0.3, 0.4) is 0 Å². The van der Waals surface area contributed by atoms with E-state index in [1.165, 1.54) is 0 Å². The Labute approximate surface area is 53.0 Å². The molecule has 1 atom stereocenters. The molecule has 0 heterocycles. The molecule has 3 nitrogen and oxygen atoms in total. The zero-order valence-electron chi connectivity index (χ0n) is 4.43. The molecule has 4 N–H and O–H groups in total. The molecular formula is C4H9ClN2O.